The molecular formula is C18H29NO. The Labute approximate surface area is 123 Å². The number of hydrogen-bond acceptors (Lipinski definition) is 2. The summed E-state index contributed by atoms with van der Waals surface area (Å²) in [6.45, 7) is 9.23. The smallest absolute Gasteiger partial charge is 0.122 e. The summed E-state index contributed by atoms with van der Waals surface area (Å²) in [6, 6.07) is 6.77. The van der Waals surface area contributed by atoms with Crippen LogP contribution in [0.15, 0.2) is 18.2 Å². The van der Waals surface area contributed by atoms with Gasteiger partial charge in [0.15, 0.2) is 0 Å². The number of nitrogens with one attached hydrogen (secondary N) is 1. The van der Waals surface area contributed by atoms with Gasteiger partial charge in [-0.05, 0) is 67.3 Å². The zero-order valence-corrected chi connectivity index (χ0v) is 13.5. The molecule has 0 atom stereocenters. The SMILES string of the molecule is CCC(C)(C)c1ccc(OC)c(CC2CCNCC2)c1. The van der Waals surface area contributed by atoms with Crippen LogP contribution < -0.4 is 10.1 Å². The molecule has 0 amide bonds. The van der Waals surface area contributed by atoms with Crippen LogP contribution in [0.1, 0.15) is 51.2 Å². The average Bonchev–Trinajstić information content (AvgIpc) is 2.48. The van der Waals surface area contributed by atoms with E-state index in [1.807, 2.05) is 0 Å². The summed E-state index contributed by atoms with van der Waals surface area (Å²) in [4.78, 5) is 0. The van der Waals surface area contributed by atoms with Crippen LogP contribution in [0.25, 0.3) is 0 Å². The van der Waals surface area contributed by atoms with Gasteiger partial charge in [-0.15, -0.1) is 0 Å². The normalized spacial score (nSPS) is 17.2. The van der Waals surface area contributed by atoms with Gasteiger partial charge in [-0.1, -0.05) is 32.9 Å². The van der Waals surface area contributed by atoms with E-state index in [4.69, 9.17) is 4.74 Å². The third-order valence-corrected chi connectivity index (χ3v) is 4.91. The van der Waals surface area contributed by atoms with E-state index in [1.54, 1.807) is 7.11 Å². The first kappa shape index (κ1) is 15.4. The van der Waals surface area contributed by atoms with Crippen LogP contribution in [-0.2, 0) is 11.8 Å². The Bertz CT molecular complexity index is 433. The van der Waals surface area contributed by atoms with Crippen LogP contribution >= 0.6 is 0 Å². The van der Waals surface area contributed by atoms with Crippen molar-refractivity contribution >= 4 is 0 Å². The lowest BCUT2D eigenvalue weighted by molar-refractivity contribution is 0.360. The second kappa shape index (κ2) is 6.62. The van der Waals surface area contributed by atoms with Crippen molar-refractivity contribution in [3.63, 3.8) is 0 Å². The fraction of sp³-hybridized carbons (Fsp3) is 0.667. The molecule has 1 saturated heterocycles. The zero-order valence-electron chi connectivity index (χ0n) is 13.5. The molecule has 1 N–H and O–H groups in total. The third kappa shape index (κ3) is 3.54. The van der Waals surface area contributed by atoms with Crippen LogP contribution in [0.3, 0.4) is 0 Å². The maximum atomic E-state index is 5.57. The van der Waals surface area contributed by atoms with Gasteiger partial charge in [0, 0.05) is 0 Å². The lowest BCUT2D eigenvalue weighted by Crippen LogP contribution is -2.28. The molecule has 1 aromatic carbocycles. The molecule has 112 valence electrons. The quantitative estimate of drug-likeness (QED) is 0.879. The summed E-state index contributed by atoms with van der Waals surface area (Å²) < 4.78 is 5.57. The van der Waals surface area contributed by atoms with E-state index < -0.39 is 0 Å². The molecule has 1 heterocycles. The van der Waals surface area contributed by atoms with Crippen LogP contribution in [-0.4, -0.2) is 20.2 Å². The molecule has 0 spiro atoms. The van der Waals surface area contributed by atoms with Crippen molar-refractivity contribution < 1.29 is 4.74 Å². The van der Waals surface area contributed by atoms with Crippen molar-refractivity contribution in [2.45, 2.75) is 51.9 Å². The molecule has 0 aromatic heterocycles. The van der Waals surface area contributed by atoms with Crippen LogP contribution in [0.5, 0.6) is 5.75 Å². The van der Waals surface area contributed by atoms with Gasteiger partial charge in [-0.25, -0.2) is 0 Å². The van der Waals surface area contributed by atoms with Gasteiger partial charge in [-0.3, -0.25) is 0 Å². The predicted molar refractivity (Wildman–Crippen MR) is 85.6 cm³/mol. The topological polar surface area (TPSA) is 21.3 Å². The molecule has 0 saturated carbocycles. The van der Waals surface area contributed by atoms with E-state index in [1.165, 1.54) is 24.0 Å². The minimum absolute atomic E-state index is 0.245. The van der Waals surface area contributed by atoms with Crippen LogP contribution in [0.4, 0.5) is 0 Å². The van der Waals surface area contributed by atoms with Crippen molar-refractivity contribution in [3.05, 3.63) is 29.3 Å². The number of benzene rings is 1. The molecule has 1 aliphatic rings. The summed E-state index contributed by atoms with van der Waals surface area (Å²) in [5.41, 5.74) is 3.07. The van der Waals surface area contributed by atoms with E-state index in [0.29, 0.717) is 0 Å². The summed E-state index contributed by atoms with van der Waals surface area (Å²) in [5.74, 6) is 1.85. The second-order valence-electron chi connectivity index (χ2n) is 6.66. The highest BCUT2D eigenvalue weighted by atomic mass is 16.5. The molecule has 1 fully saturated rings. The number of ether oxygens (including phenoxy) is 1. The average molecular weight is 275 g/mol. The van der Waals surface area contributed by atoms with E-state index in [-0.39, 0.29) is 5.41 Å². The van der Waals surface area contributed by atoms with Gasteiger partial charge in [0.1, 0.15) is 5.75 Å². The monoisotopic (exact) mass is 275 g/mol. The standard InChI is InChI=1S/C18H29NO/c1-5-18(2,3)16-6-7-17(20-4)15(13-16)12-14-8-10-19-11-9-14/h6-7,13-14,19H,5,8-12H2,1-4H3. The van der Waals surface area contributed by atoms with E-state index in [2.05, 4.69) is 44.3 Å². The molecule has 2 nitrogen and oxygen atoms in total. The maximum Gasteiger partial charge on any atom is 0.122 e. The molecule has 20 heavy (non-hydrogen) atoms. The Kier molecular flexibility index (Phi) is 5.09. The summed E-state index contributed by atoms with van der Waals surface area (Å²) in [6.07, 6.45) is 4.87. The minimum atomic E-state index is 0.245. The predicted octanol–water partition coefficient (Wildman–Crippen LogP) is 3.92. The highest BCUT2D eigenvalue weighted by molar-refractivity contribution is 5.40. The van der Waals surface area contributed by atoms with Crippen molar-refractivity contribution in [1.29, 1.82) is 0 Å². The van der Waals surface area contributed by atoms with Crippen molar-refractivity contribution in [2.75, 3.05) is 20.2 Å². The Balaban J connectivity index is 2.22. The highest BCUT2D eigenvalue weighted by Crippen LogP contribution is 2.32. The van der Waals surface area contributed by atoms with Crippen LogP contribution in [0, 0.1) is 5.92 Å². The van der Waals surface area contributed by atoms with Crippen molar-refractivity contribution in [2.24, 2.45) is 5.92 Å². The lowest BCUT2D eigenvalue weighted by atomic mass is 9.80. The van der Waals surface area contributed by atoms with Gasteiger partial charge in [-0.2, -0.15) is 0 Å². The van der Waals surface area contributed by atoms with Gasteiger partial charge in [0.2, 0.25) is 0 Å². The minimum Gasteiger partial charge on any atom is -0.496 e. The number of hydrogen-bond donors (Lipinski definition) is 1. The molecule has 1 aliphatic heterocycles. The fourth-order valence-corrected chi connectivity index (χ4v) is 2.96. The third-order valence-electron chi connectivity index (χ3n) is 4.91. The Morgan fingerprint density at radius 2 is 1.95 bits per heavy atom. The first-order chi connectivity index (χ1) is 9.56. The number of rotatable bonds is 5. The summed E-state index contributed by atoms with van der Waals surface area (Å²) in [5, 5.41) is 3.44. The molecule has 2 heteroatoms. The van der Waals surface area contributed by atoms with Crippen molar-refractivity contribution in [3.8, 4) is 5.75 Å². The molecule has 0 unspecified atom stereocenters. The Morgan fingerprint density at radius 1 is 1.25 bits per heavy atom. The lowest BCUT2D eigenvalue weighted by Gasteiger charge is -2.27. The van der Waals surface area contributed by atoms with E-state index in [9.17, 15) is 0 Å². The zero-order chi connectivity index (χ0) is 14.6. The van der Waals surface area contributed by atoms with Crippen molar-refractivity contribution in [1.82, 2.24) is 5.32 Å². The fourth-order valence-electron chi connectivity index (χ4n) is 2.96. The molecule has 0 radical (unpaired) electrons. The Morgan fingerprint density at radius 3 is 2.55 bits per heavy atom. The molecule has 0 aliphatic carbocycles. The first-order valence-corrected chi connectivity index (χ1v) is 7.95. The summed E-state index contributed by atoms with van der Waals surface area (Å²) in [7, 11) is 1.78. The van der Waals surface area contributed by atoms with Gasteiger partial charge in [0.25, 0.3) is 0 Å². The largest absolute Gasteiger partial charge is 0.496 e. The Hall–Kier alpha value is -1.02. The van der Waals surface area contributed by atoms with Gasteiger partial charge < -0.3 is 10.1 Å². The summed E-state index contributed by atoms with van der Waals surface area (Å²) >= 11 is 0. The highest BCUT2D eigenvalue weighted by Gasteiger charge is 2.21. The van der Waals surface area contributed by atoms with E-state index in [0.717, 1.165) is 37.6 Å². The maximum absolute atomic E-state index is 5.57. The molecular weight excluding hydrogens is 246 g/mol. The van der Waals surface area contributed by atoms with Gasteiger partial charge in [0.05, 0.1) is 7.11 Å². The molecule has 0 bridgehead atoms. The first-order valence-electron chi connectivity index (χ1n) is 7.95. The molecule has 2 rings (SSSR count). The van der Waals surface area contributed by atoms with Gasteiger partial charge >= 0.3 is 0 Å². The van der Waals surface area contributed by atoms with Crippen LogP contribution in [0.2, 0.25) is 0 Å². The number of methoxy groups -OCH3 is 1. The molecule has 1 aromatic rings. The second-order valence-corrected chi connectivity index (χ2v) is 6.66. The number of piperidine rings is 1. The van der Waals surface area contributed by atoms with E-state index >= 15 is 0 Å².